The maximum Gasteiger partial charge on any atom is 0.251 e. The highest BCUT2D eigenvalue weighted by atomic mass is 32.1. The van der Waals surface area contributed by atoms with Crippen LogP contribution in [0.3, 0.4) is 0 Å². The van der Waals surface area contributed by atoms with Crippen LogP contribution in [0, 0.1) is 0 Å². The second-order valence-electron chi connectivity index (χ2n) is 7.44. The van der Waals surface area contributed by atoms with Gasteiger partial charge in [-0.05, 0) is 43.6 Å². The van der Waals surface area contributed by atoms with Crippen LogP contribution in [-0.4, -0.2) is 54.3 Å². The fraction of sp³-hybridized carbons (Fsp3) is 0.409. The largest absolute Gasteiger partial charge is 0.493 e. The van der Waals surface area contributed by atoms with Crippen LogP contribution in [0.1, 0.15) is 30.1 Å². The minimum absolute atomic E-state index is 0.130. The van der Waals surface area contributed by atoms with Gasteiger partial charge in [-0.25, -0.2) is 9.97 Å². The van der Waals surface area contributed by atoms with Crippen LogP contribution in [0.15, 0.2) is 34.6 Å². The topological polar surface area (TPSA) is 89.6 Å². The molecular formula is C22H26N4O4S. The molecular weight excluding hydrogens is 416 g/mol. The molecule has 3 heterocycles. The molecule has 0 radical (unpaired) electrons. The van der Waals surface area contributed by atoms with Crippen molar-refractivity contribution in [3.05, 3.63) is 51.5 Å². The van der Waals surface area contributed by atoms with Gasteiger partial charge < -0.3 is 19.2 Å². The third kappa shape index (κ3) is 4.72. The number of aromatic amines is 1. The van der Waals surface area contributed by atoms with Gasteiger partial charge in [0, 0.05) is 30.1 Å². The van der Waals surface area contributed by atoms with Gasteiger partial charge in [0.2, 0.25) is 5.75 Å². The van der Waals surface area contributed by atoms with E-state index < -0.39 is 0 Å². The Hall–Kier alpha value is -2.91. The van der Waals surface area contributed by atoms with Gasteiger partial charge in [-0.3, -0.25) is 9.69 Å². The van der Waals surface area contributed by atoms with E-state index in [1.165, 1.54) is 17.4 Å². The summed E-state index contributed by atoms with van der Waals surface area (Å²) in [4.78, 5) is 26.5. The zero-order chi connectivity index (χ0) is 21.8. The number of piperidine rings is 1. The maximum atomic E-state index is 12.2. The first-order valence-corrected chi connectivity index (χ1v) is 11.0. The van der Waals surface area contributed by atoms with E-state index in [-0.39, 0.29) is 11.5 Å². The summed E-state index contributed by atoms with van der Waals surface area (Å²) in [6.07, 6.45) is 3.58. The van der Waals surface area contributed by atoms with E-state index in [1.807, 2.05) is 17.5 Å². The van der Waals surface area contributed by atoms with Crippen molar-refractivity contribution in [3.8, 4) is 28.0 Å². The van der Waals surface area contributed by atoms with Gasteiger partial charge in [0.25, 0.3) is 5.56 Å². The first-order valence-electron chi connectivity index (χ1n) is 10.1. The Morgan fingerprint density at radius 1 is 1.10 bits per heavy atom. The molecule has 1 fully saturated rings. The molecule has 4 rings (SSSR count). The van der Waals surface area contributed by atoms with Crippen molar-refractivity contribution >= 4 is 11.3 Å². The third-order valence-electron chi connectivity index (χ3n) is 5.52. The van der Waals surface area contributed by atoms with Crippen molar-refractivity contribution in [3.63, 3.8) is 0 Å². The molecule has 3 aromatic rings. The number of nitrogens with one attached hydrogen (secondary N) is 1. The van der Waals surface area contributed by atoms with E-state index in [0.717, 1.165) is 48.9 Å². The standard InChI is InChI=1S/C22H26N4O4S/c1-28-17-10-14(11-18(29-2)20(17)30-3)13-26-7-4-15(5-8-26)21-24-16(12-19(27)25-21)22-23-6-9-31-22/h6,9-12,15H,4-5,7-8,13H2,1-3H3,(H,24,25,27). The molecule has 2 aromatic heterocycles. The van der Waals surface area contributed by atoms with Gasteiger partial charge >= 0.3 is 0 Å². The first kappa shape index (κ1) is 21.3. The van der Waals surface area contributed by atoms with Gasteiger partial charge in [0.05, 0.1) is 21.3 Å². The molecule has 1 N–H and O–H groups in total. The quantitative estimate of drug-likeness (QED) is 0.600. The average Bonchev–Trinajstić information content (AvgIpc) is 3.33. The van der Waals surface area contributed by atoms with Crippen LogP contribution in [-0.2, 0) is 6.54 Å². The minimum Gasteiger partial charge on any atom is -0.493 e. The Morgan fingerprint density at radius 3 is 2.39 bits per heavy atom. The van der Waals surface area contributed by atoms with E-state index in [9.17, 15) is 4.79 Å². The van der Waals surface area contributed by atoms with Crippen molar-refractivity contribution in [1.82, 2.24) is 19.9 Å². The SMILES string of the molecule is COc1cc(CN2CCC(c3nc(-c4nccs4)cc(=O)[nH]3)CC2)cc(OC)c1OC. The Balaban J connectivity index is 1.45. The fourth-order valence-electron chi connectivity index (χ4n) is 3.98. The number of hydrogen-bond donors (Lipinski definition) is 1. The van der Waals surface area contributed by atoms with Gasteiger partial charge in [0.15, 0.2) is 11.5 Å². The molecule has 1 saturated heterocycles. The molecule has 0 atom stereocenters. The summed E-state index contributed by atoms with van der Waals surface area (Å²) in [5.74, 6) is 2.90. The summed E-state index contributed by atoms with van der Waals surface area (Å²) in [6, 6.07) is 5.50. The number of H-pyrrole nitrogens is 1. The second kappa shape index (κ2) is 9.49. The number of benzene rings is 1. The molecule has 0 spiro atoms. The molecule has 1 aromatic carbocycles. The number of likely N-dealkylation sites (tertiary alicyclic amines) is 1. The number of aromatic nitrogens is 3. The number of thiazole rings is 1. The highest BCUT2D eigenvalue weighted by Crippen LogP contribution is 2.39. The van der Waals surface area contributed by atoms with E-state index in [4.69, 9.17) is 19.2 Å². The lowest BCUT2D eigenvalue weighted by atomic mass is 9.95. The summed E-state index contributed by atoms with van der Waals surface area (Å²) >= 11 is 1.49. The van der Waals surface area contributed by atoms with Crippen molar-refractivity contribution < 1.29 is 14.2 Å². The highest BCUT2D eigenvalue weighted by molar-refractivity contribution is 7.13. The molecule has 1 aliphatic rings. The third-order valence-corrected chi connectivity index (χ3v) is 6.31. The van der Waals surface area contributed by atoms with Crippen LogP contribution in [0.25, 0.3) is 10.7 Å². The molecule has 0 saturated carbocycles. The van der Waals surface area contributed by atoms with Crippen molar-refractivity contribution in [1.29, 1.82) is 0 Å². The molecule has 0 amide bonds. The molecule has 1 aliphatic heterocycles. The molecule has 0 unspecified atom stereocenters. The van der Waals surface area contributed by atoms with Crippen LogP contribution >= 0.6 is 11.3 Å². The summed E-state index contributed by atoms with van der Waals surface area (Å²) in [5.41, 5.74) is 1.62. The van der Waals surface area contributed by atoms with E-state index >= 15 is 0 Å². The number of rotatable bonds is 7. The average molecular weight is 443 g/mol. The molecule has 31 heavy (non-hydrogen) atoms. The van der Waals surface area contributed by atoms with E-state index in [0.29, 0.717) is 22.9 Å². The lowest BCUT2D eigenvalue weighted by molar-refractivity contribution is 0.201. The molecule has 0 aliphatic carbocycles. The van der Waals surface area contributed by atoms with Crippen LogP contribution < -0.4 is 19.8 Å². The van der Waals surface area contributed by atoms with Gasteiger partial charge in [-0.1, -0.05) is 0 Å². The lowest BCUT2D eigenvalue weighted by Gasteiger charge is -2.31. The fourth-order valence-corrected chi connectivity index (χ4v) is 4.58. The Bertz CT molecular complexity index is 1050. The van der Waals surface area contributed by atoms with Crippen molar-refractivity contribution in [2.45, 2.75) is 25.3 Å². The number of hydrogen-bond acceptors (Lipinski definition) is 8. The van der Waals surface area contributed by atoms with E-state index in [2.05, 4.69) is 14.9 Å². The second-order valence-corrected chi connectivity index (χ2v) is 8.33. The summed E-state index contributed by atoms with van der Waals surface area (Å²) in [5, 5.41) is 2.66. The smallest absolute Gasteiger partial charge is 0.251 e. The zero-order valence-corrected chi connectivity index (χ0v) is 18.7. The maximum absolute atomic E-state index is 12.2. The summed E-state index contributed by atoms with van der Waals surface area (Å²) in [7, 11) is 4.85. The van der Waals surface area contributed by atoms with Gasteiger partial charge in [-0.15, -0.1) is 11.3 Å². The van der Waals surface area contributed by atoms with E-state index in [1.54, 1.807) is 27.5 Å². The summed E-state index contributed by atoms with van der Waals surface area (Å²) < 4.78 is 16.3. The van der Waals surface area contributed by atoms with Crippen LogP contribution in [0.5, 0.6) is 17.2 Å². The van der Waals surface area contributed by atoms with Crippen molar-refractivity contribution in [2.24, 2.45) is 0 Å². The van der Waals surface area contributed by atoms with Crippen LogP contribution in [0.4, 0.5) is 0 Å². The summed E-state index contributed by atoms with van der Waals surface area (Å²) in [6.45, 7) is 2.60. The number of ether oxygens (including phenoxy) is 3. The van der Waals surface area contributed by atoms with Gasteiger partial charge in [-0.2, -0.15) is 0 Å². The monoisotopic (exact) mass is 442 g/mol. The normalized spacial score (nSPS) is 15.1. The lowest BCUT2D eigenvalue weighted by Crippen LogP contribution is -2.33. The molecule has 9 heteroatoms. The highest BCUT2D eigenvalue weighted by Gasteiger charge is 2.24. The molecule has 0 bridgehead atoms. The Labute approximate surface area is 184 Å². The Kier molecular flexibility index (Phi) is 6.53. The molecule has 8 nitrogen and oxygen atoms in total. The van der Waals surface area contributed by atoms with Gasteiger partial charge in [0.1, 0.15) is 16.5 Å². The number of methoxy groups -OCH3 is 3. The number of nitrogens with zero attached hydrogens (tertiary/aromatic N) is 3. The van der Waals surface area contributed by atoms with Crippen LogP contribution in [0.2, 0.25) is 0 Å². The minimum atomic E-state index is -0.130. The zero-order valence-electron chi connectivity index (χ0n) is 17.9. The predicted octanol–water partition coefficient (Wildman–Crippen LogP) is 3.30. The van der Waals surface area contributed by atoms with Crippen molar-refractivity contribution in [2.75, 3.05) is 34.4 Å². The Morgan fingerprint density at radius 2 is 1.81 bits per heavy atom. The first-order chi connectivity index (χ1) is 15.1. The predicted molar refractivity (Wildman–Crippen MR) is 119 cm³/mol. The molecule has 164 valence electrons.